The van der Waals surface area contributed by atoms with Crippen LogP contribution in [0.5, 0.6) is 23.0 Å². The predicted molar refractivity (Wildman–Crippen MR) is 126 cm³/mol. The molecule has 11 heteroatoms. The predicted octanol–water partition coefficient (Wildman–Crippen LogP) is 8.15. The van der Waals surface area contributed by atoms with E-state index in [0.29, 0.717) is 16.3 Å². The van der Waals surface area contributed by atoms with Gasteiger partial charge in [-0.3, -0.25) is 4.79 Å². The molecule has 1 aromatic heterocycles. The fraction of sp³-hybridized carbons (Fsp3) is 0.125. The zero-order valence-electron chi connectivity index (χ0n) is 17.7. The van der Waals surface area contributed by atoms with Crippen molar-refractivity contribution >= 4 is 45.8 Å². The van der Waals surface area contributed by atoms with Crippen LogP contribution in [-0.4, -0.2) is 7.11 Å². The molecule has 3 aromatic carbocycles. The highest BCUT2D eigenvalue weighted by Crippen LogP contribution is 2.39. The molecule has 0 aliphatic carbocycles. The van der Waals surface area contributed by atoms with Crippen LogP contribution in [0.2, 0.25) is 15.1 Å². The highest BCUT2D eigenvalue weighted by molar-refractivity contribution is 6.44. The van der Waals surface area contributed by atoms with Gasteiger partial charge in [-0.25, -0.2) is 0 Å². The minimum absolute atomic E-state index is 0.00168. The Morgan fingerprint density at radius 1 is 0.886 bits per heavy atom. The molecule has 0 aliphatic rings. The SMILES string of the molecule is COc1ccc(Oc2c(C(F)(F)F)oc3cc(OCc4c(Cl)ccc(Cl)c4Cl)ccc3c2=O)cc1. The fourth-order valence-corrected chi connectivity index (χ4v) is 3.80. The Labute approximate surface area is 211 Å². The van der Waals surface area contributed by atoms with Crippen molar-refractivity contribution < 1.29 is 31.8 Å². The van der Waals surface area contributed by atoms with Crippen LogP contribution in [0.4, 0.5) is 13.2 Å². The van der Waals surface area contributed by atoms with Gasteiger partial charge in [0, 0.05) is 16.7 Å². The molecule has 0 bridgehead atoms. The van der Waals surface area contributed by atoms with E-state index < -0.39 is 23.1 Å². The third-order valence-electron chi connectivity index (χ3n) is 4.88. The van der Waals surface area contributed by atoms with Crippen LogP contribution < -0.4 is 19.6 Å². The van der Waals surface area contributed by atoms with E-state index in [-0.39, 0.29) is 39.1 Å². The van der Waals surface area contributed by atoms with Gasteiger partial charge in [0.2, 0.25) is 11.2 Å². The van der Waals surface area contributed by atoms with Gasteiger partial charge in [-0.1, -0.05) is 34.8 Å². The third-order valence-corrected chi connectivity index (χ3v) is 6.08. The summed E-state index contributed by atoms with van der Waals surface area (Å²) in [6, 6.07) is 12.6. The van der Waals surface area contributed by atoms with Crippen molar-refractivity contribution in [1.29, 1.82) is 0 Å². The van der Waals surface area contributed by atoms with Gasteiger partial charge in [0.1, 0.15) is 29.4 Å². The second-order valence-electron chi connectivity index (χ2n) is 7.13. The molecule has 0 atom stereocenters. The topological polar surface area (TPSA) is 57.9 Å². The molecular formula is C24H14Cl3F3O5. The average molecular weight is 546 g/mol. The van der Waals surface area contributed by atoms with Crippen LogP contribution in [0, 0.1) is 0 Å². The number of rotatable bonds is 6. The number of ether oxygens (including phenoxy) is 3. The van der Waals surface area contributed by atoms with Crippen molar-refractivity contribution in [2.75, 3.05) is 7.11 Å². The largest absolute Gasteiger partial charge is 0.497 e. The first-order valence-corrected chi connectivity index (χ1v) is 11.0. The maximum absolute atomic E-state index is 13.8. The Bertz CT molecular complexity index is 1450. The molecule has 4 aromatic rings. The summed E-state index contributed by atoms with van der Waals surface area (Å²) in [4.78, 5) is 12.9. The van der Waals surface area contributed by atoms with Crippen molar-refractivity contribution in [3.05, 3.63) is 91.2 Å². The third kappa shape index (κ3) is 5.29. The van der Waals surface area contributed by atoms with Gasteiger partial charge in [0.05, 0.1) is 22.5 Å². The van der Waals surface area contributed by atoms with Gasteiger partial charge >= 0.3 is 6.18 Å². The standard InChI is InChI=1S/C24H14Cl3F3O5/c1-32-12-2-4-13(5-3-12)34-22-21(31)15-7-6-14(10-19(15)35-23(22)24(28,29)30)33-11-16-17(25)8-9-18(26)20(16)27/h2-10H,11H2,1H3. The molecule has 0 saturated heterocycles. The van der Waals surface area contributed by atoms with E-state index in [9.17, 15) is 18.0 Å². The van der Waals surface area contributed by atoms with E-state index in [2.05, 4.69) is 0 Å². The molecule has 0 spiro atoms. The summed E-state index contributed by atoms with van der Waals surface area (Å²) in [6.45, 7) is -0.126. The van der Waals surface area contributed by atoms with E-state index in [1.54, 1.807) is 0 Å². The van der Waals surface area contributed by atoms with E-state index in [4.69, 9.17) is 53.4 Å². The highest BCUT2D eigenvalue weighted by atomic mass is 35.5. The molecular weight excluding hydrogens is 532 g/mol. The van der Waals surface area contributed by atoms with Crippen LogP contribution in [0.3, 0.4) is 0 Å². The zero-order valence-corrected chi connectivity index (χ0v) is 20.0. The lowest BCUT2D eigenvalue weighted by atomic mass is 10.2. The number of methoxy groups -OCH3 is 1. The number of fused-ring (bicyclic) bond motifs is 1. The van der Waals surface area contributed by atoms with Crippen LogP contribution in [0.1, 0.15) is 11.3 Å². The summed E-state index contributed by atoms with van der Waals surface area (Å²) in [6.07, 6.45) is -5.01. The first-order chi connectivity index (χ1) is 16.6. The number of alkyl halides is 3. The lowest BCUT2D eigenvalue weighted by Gasteiger charge is -2.14. The molecule has 0 amide bonds. The molecule has 0 N–H and O–H groups in total. The molecule has 5 nitrogen and oxygen atoms in total. The number of hydrogen-bond donors (Lipinski definition) is 0. The Morgan fingerprint density at radius 3 is 2.17 bits per heavy atom. The smallest absolute Gasteiger partial charge is 0.453 e. The van der Waals surface area contributed by atoms with E-state index >= 15 is 0 Å². The van der Waals surface area contributed by atoms with Gasteiger partial charge in [0.15, 0.2) is 0 Å². The van der Waals surface area contributed by atoms with Crippen molar-refractivity contribution in [2.45, 2.75) is 12.8 Å². The Kier molecular flexibility index (Phi) is 7.07. The Hall–Kier alpha value is -3.07. The summed E-state index contributed by atoms with van der Waals surface area (Å²) < 4.78 is 62.3. The molecule has 0 aliphatic heterocycles. The average Bonchev–Trinajstić information content (AvgIpc) is 2.83. The van der Waals surface area contributed by atoms with Gasteiger partial charge < -0.3 is 18.6 Å². The van der Waals surface area contributed by atoms with Crippen LogP contribution in [-0.2, 0) is 12.8 Å². The van der Waals surface area contributed by atoms with Crippen molar-refractivity contribution in [2.24, 2.45) is 0 Å². The summed E-state index contributed by atoms with van der Waals surface area (Å²) in [5.74, 6) is -1.99. The maximum atomic E-state index is 13.8. The van der Waals surface area contributed by atoms with Gasteiger partial charge in [-0.05, 0) is 48.5 Å². The van der Waals surface area contributed by atoms with Gasteiger partial charge in [-0.2, -0.15) is 13.2 Å². The fourth-order valence-electron chi connectivity index (χ4n) is 3.14. The molecule has 0 unspecified atom stereocenters. The van der Waals surface area contributed by atoms with Crippen molar-refractivity contribution in [1.82, 2.24) is 0 Å². The van der Waals surface area contributed by atoms with Crippen LogP contribution in [0.25, 0.3) is 11.0 Å². The minimum Gasteiger partial charge on any atom is -0.497 e. The quantitative estimate of drug-likeness (QED) is 0.229. The van der Waals surface area contributed by atoms with Gasteiger partial charge in [0.25, 0.3) is 5.76 Å². The first-order valence-electron chi connectivity index (χ1n) is 9.83. The molecule has 4 rings (SSSR count). The second-order valence-corrected chi connectivity index (χ2v) is 8.33. The molecule has 35 heavy (non-hydrogen) atoms. The summed E-state index contributed by atoms with van der Waals surface area (Å²) in [5, 5.41) is 0.614. The Balaban J connectivity index is 1.71. The zero-order chi connectivity index (χ0) is 25.3. The minimum atomic E-state index is -5.01. The van der Waals surface area contributed by atoms with E-state index in [1.807, 2.05) is 0 Å². The van der Waals surface area contributed by atoms with Crippen LogP contribution >= 0.6 is 34.8 Å². The molecule has 0 fully saturated rings. The van der Waals surface area contributed by atoms with E-state index in [0.717, 1.165) is 6.07 Å². The number of halogens is 6. The first kappa shape index (κ1) is 25.0. The summed E-state index contributed by atoms with van der Waals surface area (Å²) >= 11 is 18.3. The number of hydrogen-bond acceptors (Lipinski definition) is 5. The molecule has 1 heterocycles. The van der Waals surface area contributed by atoms with Gasteiger partial charge in [-0.15, -0.1) is 0 Å². The molecule has 0 saturated carbocycles. The summed E-state index contributed by atoms with van der Waals surface area (Å²) in [5.41, 5.74) is -0.950. The van der Waals surface area contributed by atoms with E-state index in [1.165, 1.54) is 55.6 Å². The Morgan fingerprint density at radius 2 is 1.51 bits per heavy atom. The second kappa shape index (κ2) is 9.89. The molecule has 182 valence electrons. The highest BCUT2D eigenvalue weighted by Gasteiger charge is 2.40. The molecule has 0 radical (unpaired) electrons. The lowest BCUT2D eigenvalue weighted by molar-refractivity contribution is -0.154. The summed E-state index contributed by atoms with van der Waals surface area (Å²) in [7, 11) is 1.44. The van der Waals surface area contributed by atoms with Crippen molar-refractivity contribution in [3.8, 4) is 23.0 Å². The number of benzene rings is 3. The van der Waals surface area contributed by atoms with Crippen LogP contribution in [0.15, 0.2) is 63.8 Å². The monoisotopic (exact) mass is 544 g/mol. The maximum Gasteiger partial charge on any atom is 0.453 e. The van der Waals surface area contributed by atoms with Crippen molar-refractivity contribution in [3.63, 3.8) is 0 Å². The normalized spacial score (nSPS) is 11.5. The lowest BCUT2D eigenvalue weighted by Crippen LogP contribution is -2.15.